The molecule has 0 amide bonds. The first-order valence-electron chi connectivity index (χ1n) is 5.01. The Morgan fingerprint density at radius 1 is 1.47 bits per heavy atom. The number of ketones is 1. The van der Waals surface area contributed by atoms with Crippen LogP contribution in [0.5, 0.6) is 0 Å². The van der Waals surface area contributed by atoms with Crippen LogP contribution in [0.15, 0.2) is 22.7 Å². The van der Waals surface area contributed by atoms with Crippen molar-refractivity contribution in [2.45, 2.75) is 13.3 Å². The summed E-state index contributed by atoms with van der Waals surface area (Å²) < 4.78 is 5.37. The van der Waals surface area contributed by atoms with Crippen LogP contribution < -0.4 is 0 Å². The molecule has 0 aromatic heterocycles. The Bertz CT molecular complexity index is 445. The number of Topliss-reactive ketones (excluding diaryl/α,β-unsaturated/α-hetero) is 1. The van der Waals surface area contributed by atoms with E-state index in [1.807, 2.05) is 0 Å². The van der Waals surface area contributed by atoms with Crippen molar-refractivity contribution in [1.82, 2.24) is 0 Å². The van der Waals surface area contributed by atoms with E-state index >= 15 is 0 Å². The monoisotopic (exact) mass is 318 g/mol. The molecule has 0 N–H and O–H groups in total. The van der Waals surface area contributed by atoms with Crippen molar-refractivity contribution < 1.29 is 14.3 Å². The van der Waals surface area contributed by atoms with E-state index in [9.17, 15) is 9.59 Å². The van der Waals surface area contributed by atoms with Crippen LogP contribution in [0.25, 0.3) is 0 Å². The number of carbonyl (C=O) groups excluding carboxylic acids is 2. The zero-order chi connectivity index (χ0) is 13.0. The van der Waals surface area contributed by atoms with Crippen molar-refractivity contribution in [1.29, 1.82) is 0 Å². The third-order valence-corrected chi connectivity index (χ3v) is 3.13. The Balaban J connectivity index is 2.80. The lowest BCUT2D eigenvalue weighted by Crippen LogP contribution is -2.17. The minimum absolute atomic E-state index is 0.0913. The lowest BCUT2D eigenvalue weighted by Gasteiger charge is -2.09. The molecule has 0 aliphatic heterocycles. The van der Waals surface area contributed by atoms with E-state index in [4.69, 9.17) is 11.6 Å². The molecule has 0 bridgehead atoms. The van der Waals surface area contributed by atoms with Gasteiger partial charge in [0.1, 0.15) is 0 Å². The summed E-state index contributed by atoms with van der Waals surface area (Å²) in [5.74, 6) is -1.03. The first-order valence-corrected chi connectivity index (χ1v) is 6.19. The molecule has 3 nitrogen and oxygen atoms in total. The first kappa shape index (κ1) is 14.2. The number of hydrogen-bond acceptors (Lipinski definition) is 3. The standard InChI is InChI=1S/C12H12BrClO3/c1-7(12(16)17-2)5-11(15)9-4-3-8(13)6-10(9)14/h3-4,6-7H,5H2,1-2H3. The Labute approximate surface area is 113 Å². The molecular weight excluding hydrogens is 307 g/mol. The van der Waals surface area contributed by atoms with Gasteiger partial charge in [0.05, 0.1) is 18.1 Å². The van der Waals surface area contributed by atoms with E-state index in [-0.39, 0.29) is 12.2 Å². The summed E-state index contributed by atoms with van der Waals surface area (Å²) in [7, 11) is 1.30. The number of esters is 1. The van der Waals surface area contributed by atoms with E-state index in [1.54, 1.807) is 25.1 Å². The van der Waals surface area contributed by atoms with Crippen LogP contribution in [-0.4, -0.2) is 18.9 Å². The van der Waals surface area contributed by atoms with Gasteiger partial charge in [0.2, 0.25) is 0 Å². The summed E-state index contributed by atoms with van der Waals surface area (Å²) in [5.41, 5.74) is 0.422. The van der Waals surface area contributed by atoms with Crippen LogP contribution in [0, 0.1) is 5.92 Å². The molecule has 1 atom stereocenters. The maximum absolute atomic E-state index is 11.9. The van der Waals surface area contributed by atoms with Crippen molar-refractivity contribution in [3.05, 3.63) is 33.3 Å². The zero-order valence-electron chi connectivity index (χ0n) is 9.50. The highest BCUT2D eigenvalue weighted by atomic mass is 79.9. The average Bonchev–Trinajstić information content (AvgIpc) is 2.27. The van der Waals surface area contributed by atoms with Gasteiger partial charge in [0.25, 0.3) is 0 Å². The van der Waals surface area contributed by atoms with Crippen LogP contribution in [0.2, 0.25) is 5.02 Å². The molecule has 0 fully saturated rings. The van der Waals surface area contributed by atoms with E-state index < -0.39 is 11.9 Å². The fourth-order valence-corrected chi connectivity index (χ4v) is 2.17. The van der Waals surface area contributed by atoms with Crippen LogP contribution in [0.1, 0.15) is 23.7 Å². The second-order valence-electron chi connectivity index (χ2n) is 3.68. The number of hydrogen-bond donors (Lipinski definition) is 0. The predicted octanol–water partition coefficient (Wildman–Crippen LogP) is 3.48. The number of halogens is 2. The van der Waals surface area contributed by atoms with E-state index in [2.05, 4.69) is 20.7 Å². The van der Waals surface area contributed by atoms with Gasteiger partial charge in [-0.15, -0.1) is 0 Å². The molecule has 0 radical (unpaired) electrons. The third kappa shape index (κ3) is 3.82. The fraction of sp³-hybridized carbons (Fsp3) is 0.333. The number of benzene rings is 1. The number of carbonyl (C=O) groups is 2. The van der Waals surface area contributed by atoms with Crippen molar-refractivity contribution in [2.75, 3.05) is 7.11 Å². The molecule has 0 aliphatic carbocycles. The topological polar surface area (TPSA) is 43.4 Å². The van der Waals surface area contributed by atoms with E-state index in [1.165, 1.54) is 7.11 Å². The molecule has 0 spiro atoms. The number of methoxy groups -OCH3 is 1. The molecule has 0 saturated carbocycles. The summed E-state index contributed by atoms with van der Waals surface area (Å²) in [6.45, 7) is 1.65. The third-order valence-electron chi connectivity index (χ3n) is 2.33. The quantitative estimate of drug-likeness (QED) is 0.630. The maximum Gasteiger partial charge on any atom is 0.308 e. The molecule has 17 heavy (non-hydrogen) atoms. The van der Waals surface area contributed by atoms with Gasteiger partial charge in [-0.2, -0.15) is 0 Å². The van der Waals surface area contributed by atoms with Gasteiger partial charge < -0.3 is 4.74 Å². The molecule has 0 saturated heterocycles. The van der Waals surface area contributed by atoms with Gasteiger partial charge in [-0.25, -0.2) is 0 Å². The van der Waals surface area contributed by atoms with Crippen LogP contribution in [0.4, 0.5) is 0 Å². The van der Waals surface area contributed by atoms with Crippen molar-refractivity contribution in [3.8, 4) is 0 Å². The molecule has 0 heterocycles. The highest BCUT2D eigenvalue weighted by molar-refractivity contribution is 9.10. The van der Waals surface area contributed by atoms with Crippen molar-refractivity contribution >= 4 is 39.3 Å². The highest BCUT2D eigenvalue weighted by Gasteiger charge is 2.19. The Morgan fingerprint density at radius 3 is 2.65 bits per heavy atom. The summed E-state index contributed by atoms with van der Waals surface area (Å²) in [5, 5.41) is 0.376. The lowest BCUT2D eigenvalue weighted by atomic mass is 10.00. The van der Waals surface area contributed by atoms with Crippen LogP contribution in [-0.2, 0) is 9.53 Å². The molecule has 1 aromatic rings. The molecule has 1 unspecified atom stereocenters. The van der Waals surface area contributed by atoms with E-state index in [0.717, 1.165) is 4.47 Å². The summed E-state index contributed by atoms with van der Waals surface area (Å²) in [4.78, 5) is 23.1. The highest BCUT2D eigenvalue weighted by Crippen LogP contribution is 2.23. The minimum Gasteiger partial charge on any atom is -0.469 e. The van der Waals surface area contributed by atoms with E-state index in [0.29, 0.717) is 10.6 Å². The average molecular weight is 320 g/mol. The maximum atomic E-state index is 11.9. The number of rotatable bonds is 4. The molecule has 1 rings (SSSR count). The smallest absolute Gasteiger partial charge is 0.308 e. The van der Waals surface area contributed by atoms with Gasteiger partial charge >= 0.3 is 5.97 Å². The van der Waals surface area contributed by atoms with Gasteiger partial charge in [0.15, 0.2) is 5.78 Å². The van der Waals surface area contributed by atoms with Gasteiger partial charge in [0, 0.05) is 16.5 Å². The molecule has 0 aliphatic rings. The Morgan fingerprint density at radius 2 is 2.12 bits per heavy atom. The second kappa shape index (κ2) is 6.17. The fourth-order valence-electron chi connectivity index (χ4n) is 1.39. The molecule has 92 valence electrons. The first-order chi connectivity index (χ1) is 7.95. The van der Waals surface area contributed by atoms with Crippen molar-refractivity contribution in [3.63, 3.8) is 0 Å². The number of ether oxygens (including phenoxy) is 1. The Hall–Kier alpha value is -0.870. The molecule has 1 aromatic carbocycles. The normalized spacial score (nSPS) is 12.0. The lowest BCUT2D eigenvalue weighted by molar-refractivity contribution is -0.144. The Kier molecular flexibility index (Phi) is 5.15. The molecular formula is C12H12BrClO3. The summed E-state index contributed by atoms with van der Waals surface area (Å²) in [6, 6.07) is 5.03. The minimum atomic E-state index is -0.466. The predicted molar refractivity (Wildman–Crippen MR) is 69.3 cm³/mol. The van der Waals surface area contributed by atoms with Crippen LogP contribution in [0.3, 0.4) is 0 Å². The second-order valence-corrected chi connectivity index (χ2v) is 5.00. The van der Waals surface area contributed by atoms with Gasteiger partial charge in [-0.1, -0.05) is 34.5 Å². The van der Waals surface area contributed by atoms with Gasteiger partial charge in [-0.05, 0) is 18.2 Å². The van der Waals surface area contributed by atoms with Crippen molar-refractivity contribution in [2.24, 2.45) is 5.92 Å². The SMILES string of the molecule is COC(=O)C(C)CC(=O)c1ccc(Br)cc1Cl. The summed E-state index contributed by atoms with van der Waals surface area (Å²) in [6.07, 6.45) is 0.0913. The van der Waals surface area contributed by atoms with Gasteiger partial charge in [-0.3, -0.25) is 9.59 Å². The zero-order valence-corrected chi connectivity index (χ0v) is 11.8. The van der Waals surface area contributed by atoms with Crippen LogP contribution >= 0.6 is 27.5 Å². The largest absolute Gasteiger partial charge is 0.469 e. The molecule has 5 heteroatoms. The summed E-state index contributed by atoms with van der Waals surface area (Å²) >= 11 is 9.22.